The van der Waals surface area contributed by atoms with Gasteiger partial charge in [-0.15, -0.1) is 0 Å². The van der Waals surface area contributed by atoms with Crippen LogP contribution in [0.15, 0.2) is 0 Å². The quantitative estimate of drug-likeness (QED) is 0.688. The number of nitrogens with zero attached hydrogens (tertiary/aromatic N) is 2. The van der Waals surface area contributed by atoms with Crippen LogP contribution in [0.25, 0.3) is 0 Å². The number of ether oxygens (including phenoxy) is 3. The molecule has 2 saturated heterocycles. The highest BCUT2D eigenvalue weighted by atomic mass is 16.6. The Morgan fingerprint density at radius 2 is 1.96 bits per heavy atom. The van der Waals surface area contributed by atoms with E-state index in [4.69, 9.17) is 14.2 Å². The topological polar surface area (TPSA) is 68.3 Å². The first-order valence-electron chi connectivity index (χ1n) is 10.6. The maximum atomic E-state index is 12.8. The first kappa shape index (κ1) is 22.9. The third-order valence-electron chi connectivity index (χ3n) is 5.22. The zero-order valence-corrected chi connectivity index (χ0v) is 18.2. The Balaban J connectivity index is 1.77. The van der Waals surface area contributed by atoms with E-state index in [1.165, 1.54) is 0 Å². The number of piperidine rings is 1. The van der Waals surface area contributed by atoms with Crippen LogP contribution in [0.5, 0.6) is 0 Å². The van der Waals surface area contributed by atoms with Gasteiger partial charge < -0.3 is 24.0 Å². The first-order valence-corrected chi connectivity index (χ1v) is 10.6. The summed E-state index contributed by atoms with van der Waals surface area (Å²) in [6, 6.07) is 0. The Hall–Kier alpha value is -1.34. The summed E-state index contributed by atoms with van der Waals surface area (Å²) in [6.45, 7) is 10.7. The lowest BCUT2D eigenvalue weighted by molar-refractivity contribution is -0.148. The minimum Gasteiger partial charge on any atom is -0.444 e. The first-order chi connectivity index (χ1) is 13.2. The van der Waals surface area contributed by atoms with Crippen LogP contribution in [-0.2, 0) is 19.0 Å². The van der Waals surface area contributed by atoms with Crippen LogP contribution in [0.4, 0.5) is 4.79 Å². The molecule has 0 N–H and O–H groups in total. The predicted molar refractivity (Wildman–Crippen MR) is 107 cm³/mol. The van der Waals surface area contributed by atoms with Crippen molar-refractivity contribution in [3.05, 3.63) is 0 Å². The summed E-state index contributed by atoms with van der Waals surface area (Å²) in [4.78, 5) is 28.5. The van der Waals surface area contributed by atoms with E-state index < -0.39 is 11.7 Å². The molecule has 2 fully saturated rings. The Labute approximate surface area is 169 Å². The summed E-state index contributed by atoms with van der Waals surface area (Å²) in [5.74, 6) is 0.282. The van der Waals surface area contributed by atoms with E-state index in [0.717, 1.165) is 45.3 Å². The van der Waals surface area contributed by atoms with Gasteiger partial charge in [0.05, 0.1) is 12.7 Å². The van der Waals surface area contributed by atoms with Gasteiger partial charge in [-0.05, 0) is 65.7 Å². The molecule has 0 aliphatic carbocycles. The monoisotopic (exact) mass is 398 g/mol. The van der Waals surface area contributed by atoms with Gasteiger partial charge in [0.2, 0.25) is 0 Å². The molecule has 28 heavy (non-hydrogen) atoms. The molecule has 2 aliphatic rings. The summed E-state index contributed by atoms with van der Waals surface area (Å²) in [6.07, 6.45) is 4.55. The van der Waals surface area contributed by atoms with E-state index in [0.29, 0.717) is 19.7 Å². The average Bonchev–Trinajstić information content (AvgIpc) is 2.65. The third kappa shape index (κ3) is 7.59. The highest BCUT2D eigenvalue weighted by Gasteiger charge is 2.30. The van der Waals surface area contributed by atoms with Gasteiger partial charge >= 0.3 is 6.09 Å². The fourth-order valence-electron chi connectivity index (χ4n) is 3.73. The molecule has 0 radical (unpaired) electrons. The molecule has 0 aromatic rings. The molecule has 0 spiro atoms. The molecule has 3 unspecified atom stereocenters. The summed E-state index contributed by atoms with van der Waals surface area (Å²) in [5.41, 5.74) is -0.505. The van der Waals surface area contributed by atoms with Crippen LogP contribution < -0.4 is 0 Å². The summed E-state index contributed by atoms with van der Waals surface area (Å²) in [5, 5.41) is 0. The minimum absolute atomic E-state index is 0.0282. The lowest BCUT2D eigenvalue weighted by Gasteiger charge is -2.36. The normalized spacial score (nSPS) is 24.5. The number of likely N-dealkylation sites (tertiary alicyclic amines) is 1. The summed E-state index contributed by atoms with van der Waals surface area (Å²) < 4.78 is 16.9. The van der Waals surface area contributed by atoms with Crippen LogP contribution in [-0.4, -0.2) is 79.5 Å². The van der Waals surface area contributed by atoms with Crippen LogP contribution in [0.2, 0.25) is 0 Å². The van der Waals surface area contributed by atoms with Crippen LogP contribution in [0.1, 0.15) is 59.8 Å². The van der Waals surface area contributed by atoms with Crippen molar-refractivity contribution in [2.45, 2.75) is 77.6 Å². The van der Waals surface area contributed by atoms with E-state index in [1.54, 1.807) is 11.9 Å². The van der Waals surface area contributed by atoms with Crippen molar-refractivity contribution in [1.29, 1.82) is 0 Å². The van der Waals surface area contributed by atoms with Gasteiger partial charge in [-0.2, -0.15) is 0 Å². The fourth-order valence-corrected chi connectivity index (χ4v) is 3.73. The second kappa shape index (κ2) is 10.4. The fraction of sp³-hybridized carbons (Fsp3) is 0.905. The standard InChI is InChI=1S/C21H38N2O5/c1-16(27-15-18-10-6-7-12-26-18)19(24)23-11-8-9-17(14-23)13-22(5)20(25)28-21(2,3)4/h16-18H,6-15H2,1-5H3. The smallest absolute Gasteiger partial charge is 0.410 e. The lowest BCUT2D eigenvalue weighted by atomic mass is 9.97. The number of carbonyl (C=O) groups is 2. The zero-order chi connectivity index (χ0) is 20.7. The van der Waals surface area contributed by atoms with E-state index in [2.05, 4.69) is 0 Å². The molecular formula is C21H38N2O5. The number of hydrogen-bond acceptors (Lipinski definition) is 5. The Morgan fingerprint density at radius 1 is 1.21 bits per heavy atom. The Kier molecular flexibility index (Phi) is 8.56. The van der Waals surface area contributed by atoms with Crippen molar-refractivity contribution >= 4 is 12.0 Å². The SMILES string of the molecule is CC(OCC1CCCCO1)C(=O)N1CCCC(CN(C)C(=O)OC(C)(C)C)C1. The van der Waals surface area contributed by atoms with E-state index in [1.807, 2.05) is 32.6 Å². The second-order valence-corrected chi connectivity index (χ2v) is 9.12. The van der Waals surface area contributed by atoms with Gasteiger partial charge in [0.15, 0.2) is 0 Å². The van der Waals surface area contributed by atoms with Crippen LogP contribution >= 0.6 is 0 Å². The Morgan fingerprint density at radius 3 is 2.61 bits per heavy atom. The molecule has 0 bridgehead atoms. The second-order valence-electron chi connectivity index (χ2n) is 9.12. The molecule has 2 amide bonds. The summed E-state index contributed by atoms with van der Waals surface area (Å²) in [7, 11) is 1.75. The number of hydrogen-bond donors (Lipinski definition) is 0. The van der Waals surface area contributed by atoms with Crippen molar-refractivity contribution in [2.75, 3.05) is 39.9 Å². The van der Waals surface area contributed by atoms with E-state index in [-0.39, 0.29) is 24.0 Å². The number of rotatable bonds is 6. The molecule has 7 nitrogen and oxygen atoms in total. The zero-order valence-electron chi connectivity index (χ0n) is 18.2. The van der Waals surface area contributed by atoms with Crippen molar-refractivity contribution in [3.63, 3.8) is 0 Å². The van der Waals surface area contributed by atoms with E-state index in [9.17, 15) is 9.59 Å². The largest absolute Gasteiger partial charge is 0.444 e. The molecule has 162 valence electrons. The van der Waals surface area contributed by atoms with Gasteiger partial charge in [-0.25, -0.2) is 4.79 Å². The third-order valence-corrected chi connectivity index (χ3v) is 5.22. The van der Waals surface area contributed by atoms with Gasteiger partial charge in [0.25, 0.3) is 5.91 Å². The molecule has 0 saturated carbocycles. The van der Waals surface area contributed by atoms with Crippen molar-refractivity contribution < 1.29 is 23.8 Å². The highest BCUT2D eigenvalue weighted by Crippen LogP contribution is 2.20. The molecule has 3 atom stereocenters. The van der Waals surface area contributed by atoms with Crippen molar-refractivity contribution in [2.24, 2.45) is 5.92 Å². The number of carbonyl (C=O) groups excluding carboxylic acids is 2. The Bertz CT molecular complexity index is 513. The highest BCUT2D eigenvalue weighted by molar-refractivity contribution is 5.80. The number of amides is 2. The lowest BCUT2D eigenvalue weighted by Crippen LogP contribution is -2.48. The molecule has 2 heterocycles. The molecule has 2 rings (SSSR count). The van der Waals surface area contributed by atoms with Crippen LogP contribution in [0, 0.1) is 5.92 Å². The van der Waals surface area contributed by atoms with Crippen molar-refractivity contribution in [1.82, 2.24) is 9.80 Å². The maximum Gasteiger partial charge on any atom is 0.410 e. The maximum absolute atomic E-state index is 12.8. The van der Waals surface area contributed by atoms with Gasteiger partial charge in [0.1, 0.15) is 11.7 Å². The van der Waals surface area contributed by atoms with Gasteiger partial charge in [0, 0.05) is 33.3 Å². The average molecular weight is 399 g/mol. The van der Waals surface area contributed by atoms with Crippen molar-refractivity contribution in [3.8, 4) is 0 Å². The molecule has 7 heteroatoms. The van der Waals surface area contributed by atoms with E-state index >= 15 is 0 Å². The molecule has 2 aliphatic heterocycles. The molecule has 0 aromatic heterocycles. The van der Waals surface area contributed by atoms with Crippen LogP contribution in [0.3, 0.4) is 0 Å². The molecule has 0 aromatic carbocycles. The predicted octanol–water partition coefficient (Wildman–Crippen LogP) is 3.07. The molecular weight excluding hydrogens is 360 g/mol. The van der Waals surface area contributed by atoms with Gasteiger partial charge in [-0.1, -0.05) is 0 Å². The minimum atomic E-state index is -0.505. The van der Waals surface area contributed by atoms with Gasteiger partial charge in [-0.3, -0.25) is 4.79 Å². The summed E-state index contributed by atoms with van der Waals surface area (Å²) >= 11 is 0.